The molecule has 1 unspecified atom stereocenters. The second-order valence-electron chi connectivity index (χ2n) is 5.07. The van der Waals surface area contributed by atoms with E-state index >= 15 is 0 Å². The lowest BCUT2D eigenvalue weighted by atomic mass is 10.1. The molecule has 0 saturated carbocycles. The first kappa shape index (κ1) is 15.2. The maximum Gasteiger partial charge on any atom is 0.225 e. The second kappa shape index (κ2) is 6.99. The molecule has 1 aliphatic heterocycles. The molecule has 20 heavy (non-hydrogen) atoms. The van der Waals surface area contributed by atoms with Crippen molar-refractivity contribution in [1.29, 1.82) is 0 Å². The van der Waals surface area contributed by atoms with Gasteiger partial charge in [0.1, 0.15) is 5.75 Å². The summed E-state index contributed by atoms with van der Waals surface area (Å²) in [5, 5.41) is 6.37. The van der Waals surface area contributed by atoms with Crippen LogP contribution in [0.2, 0.25) is 0 Å². The van der Waals surface area contributed by atoms with E-state index in [1.165, 1.54) is 0 Å². The molecule has 1 amide bonds. The highest BCUT2D eigenvalue weighted by Gasteiger charge is 2.17. The summed E-state index contributed by atoms with van der Waals surface area (Å²) in [6.07, 6.45) is 0.516. The maximum atomic E-state index is 12.1. The molecule has 0 aliphatic carbocycles. The monoisotopic (exact) mass is 294 g/mol. The first-order valence-electron chi connectivity index (χ1n) is 6.87. The van der Waals surface area contributed by atoms with Crippen molar-refractivity contribution < 1.29 is 9.53 Å². The minimum Gasteiger partial charge on any atom is -0.496 e. The van der Waals surface area contributed by atoms with Crippen molar-refractivity contribution in [1.82, 2.24) is 5.32 Å². The van der Waals surface area contributed by atoms with E-state index in [1.54, 1.807) is 7.11 Å². The Morgan fingerprint density at radius 2 is 2.30 bits per heavy atom. The van der Waals surface area contributed by atoms with Crippen molar-refractivity contribution in [2.45, 2.75) is 26.3 Å². The smallest absolute Gasteiger partial charge is 0.225 e. The van der Waals surface area contributed by atoms with Crippen LogP contribution in [-0.4, -0.2) is 37.1 Å². The quantitative estimate of drug-likeness (QED) is 0.895. The Bertz CT molecular complexity index is 485. The zero-order valence-corrected chi connectivity index (χ0v) is 13.1. The number of methoxy groups -OCH3 is 1. The Hall–Kier alpha value is -1.20. The molecular weight excluding hydrogens is 272 g/mol. The van der Waals surface area contributed by atoms with Gasteiger partial charge in [-0.25, -0.2) is 0 Å². The van der Waals surface area contributed by atoms with Crippen molar-refractivity contribution in [2.24, 2.45) is 0 Å². The Morgan fingerprint density at radius 1 is 1.50 bits per heavy atom. The van der Waals surface area contributed by atoms with Crippen molar-refractivity contribution in [3.63, 3.8) is 0 Å². The molecule has 1 aliphatic rings. The van der Waals surface area contributed by atoms with E-state index in [-0.39, 0.29) is 11.9 Å². The predicted molar refractivity (Wildman–Crippen MR) is 84.8 cm³/mol. The summed E-state index contributed by atoms with van der Waals surface area (Å²) in [5.74, 6) is 3.03. The summed E-state index contributed by atoms with van der Waals surface area (Å²) in [7, 11) is 1.66. The van der Waals surface area contributed by atoms with Gasteiger partial charge >= 0.3 is 0 Å². The Kier molecular flexibility index (Phi) is 5.31. The van der Waals surface area contributed by atoms with Gasteiger partial charge in [0.25, 0.3) is 0 Å². The predicted octanol–water partition coefficient (Wildman–Crippen LogP) is 2.35. The van der Waals surface area contributed by atoms with Gasteiger partial charge in [-0.15, -0.1) is 0 Å². The van der Waals surface area contributed by atoms with Crippen LogP contribution in [-0.2, 0) is 4.79 Å². The highest BCUT2D eigenvalue weighted by molar-refractivity contribution is 7.99. The summed E-state index contributed by atoms with van der Waals surface area (Å²) < 4.78 is 5.38. The van der Waals surface area contributed by atoms with Crippen LogP contribution in [0.4, 0.5) is 5.69 Å². The summed E-state index contributed by atoms with van der Waals surface area (Å²) in [5.41, 5.74) is 2.89. The number of amides is 1. The molecule has 1 heterocycles. The van der Waals surface area contributed by atoms with Crippen molar-refractivity contribution in [3.05, 3.63) is 23.3 Å². The molecule has 5 heteroatoms. The van der Waals surface area contributed by atoms with Gasteiger partial charge in [-0.1, -0.05) is 6.07 Å². The summed E-state index contributed by atoms with van der Waals surface area (Å²) in [6.45, 7) is 4.96. The maximum absolute atomic E-state index is 12.1. The fourth-order valence-corrected chi connectivity index (χ4v) is 3.40. The number of thioether (sulfide) groups is 1. The Labute approximate surface area is 124 Å². The molecule has 1 aromatic rings. The van der Waals surface area contributed by atoms with Crippen LogP contribution in [0, 0.1) is 13.8 Å². The Balaban J connectivity index is 2.00. The highest BCUT2D eigenvalue weighted by Crippen LogP contribution is 2.29. The molecule has 1 fully saturated rings. The number of benzene rings is 1. The van der Waals surface area contributed by atoms with Crippen LogP contribution >= 0.6 is 11.8 Å². The lowest BCUT2D eigenvalue weighted by Crippen LogP contribution is -2.39. The van der Waals surface area contributed by atoms with E-state index in [9.17, 15) is 4.79 Å². The fourth-order valence-electron chi connectivity index (χ4n) is 2.45. The standard InChI is InChI=1S/C15H22N2O2S/c1-10-4-5-13(11(2)15(10)19-3)17-14(18)8-12-9-20-7-6-16-12/h4-5,12,16H,6-9H2,1-3H3,(H,17,18). The molecule has 0 aromatic heterocycles. The van der Waals surface area contributed by atoms with Crippen molar-refractivity contribution in [3.8, 4) is 5.75 Å². The van der Waals surface area contributed by atoms with Gasteiger partial charge in [0.2, 0.25) is 5.91 Å². The van der Waals surface area contributed by atoms with Gasteiger partial charge in [-0.3, -0.25) is 4.79 Å². The van der Waals surface area contributed by atoms with Crippen LogP contribution in [0.3, 0.4) is 0 Å². The van der Waals surface area contributed by atoms with E-state index < -0.39 is 0 Å². The number of nitrogens with one attached hydrogen (secondary N) is 2. The summed E-state index contributed by atoms with van der Waals surface area (Å²) in [4.78, 5) is 12.1. The third-order valence-electron chi connectivity index (χ3n) is 3.51. The van der Waals surface area contributed by atoms with E-state index in [4.69, 9.17) is 4.74 Å². The van der Waals surface area contributed by atoms with E-state index in [2.05, 4.69) is 10.6 Å². The normalized spacial score (nSPS) is 18.6. The van der Waals surface area contributed by atoms with Gasteiger partial charge in [0.15, 0.2) is 0 Å². The van der Waals surface area contributed by atoms with Gasteiger partial charge in [0.05, 0.1) is 7.11 Å². The molecule has 0 bridgehead atoms. The molecule has 1 saturated heterocycles. The van der Waals surface area contributed by atoms with Crippen LogP contribution in [0.5, 0.6) is 5.75 Å². The minimum atomic E-state index is 0.0546. The molecule has 1 atom stereocenters. The summed E-state index contributed by atoms with van der Waals surface area (Å²) >= 11 is 1.90. The number of carbonyl (C=O) groups excluding carboxylic acids is 1. The molecule has 2 N–H and O–H groups in total. The van der Waals surface area contributed by atoms with Gasteiger partial charge in [-0.2, -0.15) is 11.8 Å². The fraction of sp³-hybridized carbons (Fsp3) is 0.533. The number of carbonyl (C=O) groups is 1. The van der Waals surface area contributed by atoms with Crippen LogP contribution in [0.1, 0.15) is 17.5 Å². The molecule has 4 nitrogen and oxygen atoms in total. The van der Waals surface area contributed by atoms with Crippen LogP contribution < -0.4 is 15.4 Å². The number of hydrogen-bond acceptors (Lipinski definition) is 4. The largest absolute Gasteiger partial charge is 0.496 e. The van der Waals surface area contributed by atoms with Crippen molar-refractivity contribution >= 4 is 23.4 Å². The van der Waals surface area contributed by atoms with Gasteiger partial charge in [0, 0.05) is 41.8 Å². The first-order valence-corrected chi connectivity index (χ1v) is 8.02. The molecule has 2 rings (SSSR count). The van der Waals surface area contributed by atoms with E-state index in [1.807, 2.05) is 37.7 Å². The van der Waals surface area contributed by atoms with Gasteiger partial charge < -0.3 is 15.4 Å². The number of hydrogen-bond donors (Lipinski definition) is 2. The lowest BCUT2D eigenvalue weighted by molar-refractivity contribution is -0.116. The summed E-state index contributed by atoms with van der Waals surface area (Å²) in [6, 6.07) is 4.19. The van der Waals surface area contributed by atoms with Crippen molar-refractivity contribution in [2.75, 3.05) is 30.5 Å². The second-order valence-corrected chi connectivity index (χ2v) is 6.22. The zero-order valence-electron chi connectivity index (χ0n) is 12.3. The van der Waals surface area contributed by atoms with Crippen LogP contribution in [0.15, 0.2) is 12.1 Å². The van der Waals surface area contributed by atoms with E-state index in [0.717, 1.165) is 40.6 Å². The molecular formula is C15H22N2O2S. The van der Waals surface area contributed by atoms with Crippen LogP contribution in [0.25, 0.3) is 0 Å². The molecule has 110 valence electrons. The number of ether oxygens (including phenoxy) is 1. The number of aryl methyl sites for hydroxylation is 1. The SMILES string of the molecule is COc1c(C)ccc(NC(=O)CC2CSCCN2)c1C. The highest BCUT2D eigenvalue weighted by atomic mass is 32.2. The Morgan fingerprint density at radius 3 is 2.95 bits per heavy atom. The number of rotatable bonds is 4. The third-order valence-corrected chi connectivity index (χ3v) is 4.64. The average Bonchev–Trinajstić information content (AvgIpc) is 2.44. The minimum absolute atomic E-state index is 0.0546. The average molecular weight is 294 g/mol. The first-order chi connectivity index (χ1) is 9.61. The molecule has 0 radical (unpaired) electrons. The lowest BCUT2D eigenvalue weighted by Gasteiger charge is -2.23. The number of anilines is 1. The zero-order chi connectivity index (χ0) is 14.5. The van der Waals surface area contributed by atoms with E-state index in [0.29, 0.717) is 6.42 Å². The topological polar surface area (TPSA) is 50.4 Å². The van der Waals surface area contributed by atoms with Gasteiger partial charge in [-0.05, 0) is 25.5 Å². The molecule has 1 aromatic carbocycles. The molecule has 0 spiro atoms. The third kappa shape index (κ3) is 3.67.